The number of carboxylic acids is 2. The van der Waals surface area contributed by atoms with E-state index in [0.717, 1.165) is 25.3 Å². The number of rotatable bonds is 5. The Balaban J connectivity index is 0.000000362. The minimum absolute atomic E-state index is 0.509. The molecule has 0 spiro atoms. The van der Waals surface area contributed by atoms with Gasteiger partial charge in [-0.3, -0.25) is 9.58 Å². The number of nitrogens with zero attached hydrogens (tertiary/aromatic N) is 4. The second kappa shape index (κ2) is 12.6. The highest BCUT2D eigenvalue weighted by molar-refractivity contribution is 5.73. The molecule has 1 fully saturated rings. The van der Waals surface area contributed by atoms with Crippen molar-refractivity contribution in [3.05, 3.63) is 42.1 Å². The Morgan fingerprint density at radius 3 is 2.06 bits per heavy atom. The van der Waals surface area contributed by atoms with Crippen LogP contribution >= 0.6 is 0 Å². The largest absolute Gasteiger partial charge is 0.490 e. The zero-order chi connectivity index (χ0) is 27.0. The Hall–Kier alpha value is -3.07. The van der Waals surface area contributed by atoms with Crippen molar-refractivity contribution in [1.29, 1.82) is 0 Å². The minimum atomic E-state index is -5.08. The number of aliphatic carboxylic acids is 2. The predicted molar refractivity (Wildman–Crippen MR) is 109 cm³/mol. The molecule has 0 bridgehead atoms. The van der Waals surface area contributed by atoms with Crippen LogP contribution in [0.1, 0.15) is 17.7 Å². The van der Waals surface area contributed by atoms with Gasteiger partial charge in [0.1, 0.15) is 5.76 Å². The summed E-state index contributed by atoms with van der Waals surface area (Å²) in [6, 6.07) is 5.11. The molecular weight excluding hydrogens is 490 g/mol. The number of carbonyl (C=O) groups is 2. The molecule has 9 nitrogen and oxygen atoms in total. The maximum Gasteiger partial charge on any atom is 0.490 e. The van der Waals surface area contributed by atoms with Gasteiger partial charge in [0, 0.05) is 31.9 Å². The summed E-state index contributed by atoms with van der Waals surface area (Å²) in [7, 11) is 6.33. The molecule has 2 atom stereocenters. The van der Waals surface area contributed by atoms with E-state index >= 15 is 0 Å². The SMILES string of the molecule is CN(C)[C@@H]1CCN(Cc2ccco2)[C@H]1Cc1cnn(C)c1.O=C(O)C(F)(F)F.O=C(O)C(F)(F)F. The van der Waals surface area contributed by atoms with E-state index in [1.165, 1.54) is 12.0 Å². The Morgan fingerprint density at radius 2 is 1.69 bits per heavy atom. The van der Waals surface area contributed by atoms with Crippen LogP contribution in [0.2, 0.25) is 0 Å². The molecular formula is C20H26F6N4O5. The molecule has 35 heavy (non-hydrogen) atoms. The summed E-state index contributed by atoms with van der Waals surface area (Å²) in [5.41, 5.74) is 1.31. The monoisotopic (exact) mass is 516 g/mol. The number of aromatic nitrogens is 2. The first-order chi connectivity index (χ1) is 16.0. The maximum absolute atomic E-state index is 10.6. The first-order valence-corrected chi connectivity index (χ1v) is 10.0. The molecule has 2 N–H and O–H groups in total. The number of aryl methyl sites for hydroxylation is 1. The van der Waals surface area contributed by atoms with Crippen molar-refractivity contribution in [2.75, 3.05) is 20.6 Å². The van der Waals surface area contributed by atoms with Crippen LogP contribution in [0.15, 0.2) is 35.2 Å². The average molecular weight is 516 g/mol. The number of hydrogen-bond acceptors (Lipinski definition) is 6. The average Bonchev–Trinajstić information content (AvgIpc) is 3.45. The van der Waals surface area contributed by atoms with Gasteiger partial charge in [0.2, 0.25) is 0 Å². The van der Waals surface area contributed by atoms with Crippen molar-refractivity contribution in [2.45, 2.75) is 43.8 Å². The fourth-order valence-corrected chi connectivity index (χ4v) is 3.38. The highest BCUT2D eigenvalue weighted by Gasteiger charge is 2.39. The lowest BCUT2D eigenvalue weighted by Crippen LogP contribution is -2.43. The van der Waals surface area contributed by atoms with E-state index in [9.17, 15) is 26.3 Å². The van der Waals surface area contributed by atoms with Crippen LogP contribution in [0.5, 0.6) is 0 Å². The summed E-state index contributed by atoms with van der Waals surface area (Å²) < 4.78 is 70.9. The van der Waals surface area contributed by atoms with Gasteiger partial charge >= 0.3 is 24.3 Å². The Bertz CT molecular complexity index is 903. The third-order valence-corrected chi connectivity index (χ3v) is 4.92. The van der Waals surface area contributed by atoms with Crippen LogP contribution in [0.25, 0.3) is 0 Å². The van der Waals surface area contributed by atoms with E-state index in [1.54, 1.807) is 6.26 Å². The Morgan fingerprint density at radius 1 is 1.14 bits per heavy atom. The van der Waals surface area contributed by atoms with Gasteiger partial charge in [0.15, 0.2) is 0 Å². The van der Waals surface area contributed by atoms with Gasteiger partial charge in [-0.2, -0.15) is 31.4 Å². The van der Waals surface area contributed by atoms with Gasteiger partial charge in [-0.05, 0) is 44.6 Å². The van der Waals surface area contributed by atoms with Gasteiger partial charge < -0.3 is 19.5 Å². The van der Waals surface area contributed by atoms with Crippen molar-refractivity contribution in [2.24, 2.45) is 7.05 Å². The second-order valence-corrected chi connectivity index (χ2v) is 7.77. The molecule has 0 aliphatic carbocycles. The number of likely N-dealkylation sites (tertiary alicyclic amines) is 1. The molecule has 15 heteroatoms. The topological polar surface area (TPSA) is 112 Å². The molecule has 0 saturated carbocycles. The first kappa shape index (κ1) is 30.0. The molecule has 198 valence electrons. The normalized spacial score (nSPS) is 18.5. The molecule has 2 aromatic rings. The van der Waals surface area contributed by atoms with Gasteiger partial charge in [-0.1, -0.05) is 0 Å². The van der Waals surface area contributed by atoms with Gasteiger partial charge in [-0.25, -0.2) is 9.59 Å². The van der Waals surface area contributed by atoms with Gasteiger partial charge in [0.05, 0.1) is 19.0 Å². The quantitative estimate of drug-likeness (QED) is 0.584. The zero-order valence-corrected chi connectivity index (χ0v) is 19.0. The first-order valence-electron chi connectivity index (χ1n) is 10.0. The van der Waals surface area contributed by atoms with E-state index in [4.69, 9.17) is 24.2 Å². The predicted octanol–water partition coefficient (Wildman–Crippen LogP) is 3.03. The molecule has 1 aliphatic rings. The highest BCUT2D eigenvalue weighted by Crippen LogP contribution is 2.26. The number of carboxylic acid groups (broad SMARTS) is 2. The van der Waals surface area contributed by atoms with Crippen LogP contribution in [-0.4, -0.2) is 86.8 Å². The van der Waals surface area contributed by atoms with Crippen molar-refractivity contribution < 1.29 is 50.6 Å². The summed E-state index contributed by atoms with van der Waals surface area (Å²) in [5.74, 6) is -4.47. The highest BCUT2D eigenvalue weighted by atomic mass is 19.4. The fraction of sp³-hybridized carbons (Fsp3) is 0.550. The van der Waals surface area contributed by atoms with Crippen molar-refractivity contribution in [3.8, 4) is 0 Å². The number of halogens is 6. The maximum atomic E-state index is 10.6. The fourth-order valence-electron chi connectivity index (χ4n) is 3.38. The molecule has 2 aromatic heterocycles. The van der Waals surface area contributed by atoms with Crippen LogP contribution < -0.4 is 0 Å². The lowest BCUT2D eigenvalue weighted by molar-refractivity contribution is -0.193. The summed E-state index contributed by atoms with van der Waals surface area (Å²) in [5, 5.41) is 18.5. The minimum Gasteiger partial charge on any atom is -0.475 e. The molecule has 1 aliphatic heterocycles. The number of furan rings is 1. The standard InChI is InChI=1S/C16H24N4O.2C2HF3O2/c1-18(2)15-6-7-20(12-14-5-4-8-21-14)16(15)9-13-10-17-19(3)11-13;2*3-2(4,5)1(6)7/h4-5,8,10-11,15-16H,6-7,9,12H2,1-3H3;2*(H,6,7)/t15-,16+;;/m1../s1. The van der Waals surface area contributed by atoms with Crippen molar-refractivity contribution in [3.63, 3.8) is 0 Å². The molecule has 1 saturated heterocycles. The smallest absolute Gasteiger partial charge is 0.475 e. The van der Waals surface area contributed by atoms with Gasteiger partial charge in [0.25, 0.3) is 0 Å². The number of hydrogen-bond donors (Lipinski definition) is 2. The van der Waals surface area contributed by atoms with E-state index in [2.05, 4.69) is 41.3 Å². The Kier molecular flexibility index (Phi) is 10.8. The lowest BCUT2D eigenvalue weighted by Gasteiger charge is -2.30. The van der Waals surface area contributed by atoms with E-state index < -0.39 is 24.3 Å². The van der Waals surface area contributed by atoms with E-state index in [-0.39, 0.29) is 0 Å². The summed E-state index contributed by atoms with van der Waals surface area (Å²) in [6.07, 6.45) is -2.06. The van der Waals surface area contributed by atoms with E-state index in [1.807, 2.05) is 24.0 Å². The van der Waals surface area contributed by atoms with E-state index in [0.29, 0.717) is 12.1 Å². The van der Waals surface area contributed by atoms with Crippen LogP contribution in [0.4, 0.5) is 26.3 Å². The summed E-state index contributed by atoms with van der Waals surface area (Å²) in [4.78, 5) is 22.7. The Labute approximate surface area is 196 Å². The van der Waals surface area contributed by atoms with Crippen molar-refractivity contribution >= 4 is 11.9 Å². The molecule has 0 radical (unpaired) electrons. The zero-order valence-electron chi connectivity index (χ0n) is 19.0. The number of likely N-dealkylation sites (N-methyl/N-ethyl adjacent to an activating group) is 1. The second-order valence-electron chi connectivity index (χ2n) is 7.77. The summed E-state index contributed by atoms with van der Waals surface area (Å²) in [6.45, 7) is 2.01. The lowest BCUT2D eigenvalue weighted by atomic mass is 10.0. The third kappa shape index (κ3) is 10.4. The molecule has 0 amide bonds. The van der Waals surface area contributed by atoms with Gasteiger partial charge in [-0.15, -0.1) is 0 Å². The van der Waals surface area contributed by atoms with Crippen LogP contribution in [-0.2, 0) is 29.6 Å². The molecule has 0 unspecified atom stereocenters. The third-order valence-electron chi connectivity index (χ3n) is 4.92. The van der Waals surface area contributed by atoms with Crippen molar-refractivity contribution in [1.82, 2.24) is 19.6 Å². The van der Waals surface area contributed by atoms with Crippen LogP contribution in [0, 0.1) is 0 Å². The molecule has 3 rings (SSSR count). The molecule has 0 aromatic carbocycles. The summed E-state index contributed by atoms with van der Waals surface area (Å²) >= 11 is 0. The molecule has 3 heterocycles. The number of alkyl halides is 6. The van der Waals surface area contributed by atoms with Crippen LogP contribution in [0.3, 0.4) is 0 Å².